The number of benzene rings is 1. The Bertz CT molecular complexity index is 1410. The summed E-state index contributed by atoms with van der Waals surface area (Å²) in [5, 5.41) is 13.9. The molecule has 38 heavy (non-hydrogen) atoms. The van der Waals surface area contributed by atoms with Gasteiger partial charge in [0.05, 0.1) is 42.1 Å². The standard InChI is InChI=1S/C28H37ClN4O4S/c1-32-18-30-17-25(32)28(34,20-11-13-33(14-12-20)38(3,35)36)21-9-10-24-22(16-21)26(29)23(27(31-24)37-2)15-19-7-5-4-6-8-19/h9-10,16-20,34H,4-8,11-15H2,1-3H3. The van der Waals surface area contributed by atoms with Crippen LogP contribution in [0.25, 0.3) is 10.9 Å². The van der Waals surface area contributed by atoms with Crippen LogP contribution in [-0.4, -0.2) is 58.8 Å². The van der Waals surface area contributed by atoms with Crippen molar-refractivity contribution in [2.75, 3.05) is 26.5 Å². The van der Waals surface area contributed by atoms with Crippen molar-refractivity contribution in [1.29, 1.82) is 0 Å². The predicted octanol–water partition coefficient (Wildman–Crippen LogP) is 4.66. The van der Waals surface area contributed by atoms with Crippen LogP contribution < -0.4 is 4.74 Å². The van der Waals surface area contributed by atoms with Crippen LogP contribution in [-0.2, 0) is 29.1 Å². The van der Waals surface area contributed by atoms with Gasteiger partial charge in [-0.05, 0) is 42.9 Å². The number of nitrogens with zero attached hydrogens (tertiary/aromatic N) is 4. The van der Waals surface area contributed by atoms with Gasteiger partial charge in [-0.3, -0.25) is 0 Å². The molecule has 0 bridgehead atoms. The first-order valence-corrected chi connectivity index (χ1v) is 15.7. The van der Waals surface area contributed by atoms with Crippen molar-refractivity contribution in [1.82, 2.24) is 18.8 Å². The number of hydrogen-bond acceptors (Lipinski definition) is 6. The SMILES string of the molecule is COc1nc2ccc(C(O)(c3cncn3C)C3CCN(S(C)(=O)=O)CC3)cc2c(Cl)c1CC1CCCCC1. The van der Waals surface area contributed by atoms with E-state index in [1.54, 1.807) is 19.6 Å². The Morgan fingerprint density at radius 3 is 2.47 bits per heavy atom. The molecule has 1 unspecified atom stereocenters. The second-order valence-corrected chi connectivity index (χ2v) is 13.3. The Morgan fingerprint density at radius 1 is 1.16 bits per heavy atom. The highest BCUT2D eigenvalue weighted by atomic mass is 35.5. The molecule has 3 heterocycles. The number of aryl methyl sites for hydroxylation is 1. The molecule has 0 amide bonds. The number of sulfonamides is 1. The molecular formula is C28H37ClN4O4S. The van der Waals surface area contributed by atoms with Gasteiger partial charge in [0.25, 0.3) is 0 Å². The minimum Gasteiger partial charge on any atom is -0.481 e. The lowest BCUT2D eigenvalue weighted by Gasteiger charge is -2.41. The van der Waals surface area contributed by atoms with Gasteiger partial charge in [0, 0.05) is 37.0 Å². The van der Waals surface area contributed by atoms with Crippen LogP contribution in [0.5, 0.6) is 5.88 Å². The lowest BCUT2D eigenvalue weighted by molar-refractivity contribution is -0.0109. The molecule has 0 spiro atoms. The molecule has 2 aliphatic rings. The van der Waals surface area contributed by atoms with Gasteiger partial charge in [0.1, 0.15) is 5.60 Å². The molecule has 2 aromatic heterocycles. The minimum absolute atomic E-state index is 0.208. The molecule has 2 fully saturated rings. The van der Waals surface area contributed by atoms with Crippen LogP contribution >= 0.6 is 11.6 Å². The zero-order valence-electron chi connectivity index (χ0n) is 22.4. The monoisotopic (exact) mass is 560 g/mol. The molecule has 8 nitrogen and oxygen atoms in total. The Kier molecular flexibility index (Phi) is 7.75. The number of imidazole rings is 1. The maximum absolute atomic E-state index is 12.5. The summed E-state index contributed by atoms with van der Waals surface area (Å²) in [6.45, 7) is 0.727. The fraction of sp³-hybridized carbons (Fsp3) is 0.571. The fourth-order valence-electron chi connectivity index (χ4n) is 6.43. The third kappa shape index (κ3) is 5.06. The highest BCUT2D eigenvalue weighted by molar-refractivity contribution is 7.88. The highest BCUT2D eigenvalue weighted by Crippen LogP contribution is 2.44. The quantitative estimate of drug-likeness (QED) is 0.451. The van der Waals surface area contributed by atoms with Crippen molar-refractivity contribution in [2.24, 2.45) is 18.9 Å². The maximum Gasteiger partial charge on any atom is 0.218 e. The first-order chi connectivity index (χ1) is 18.1. The molecule has 10 heteroatoms. The molecule has 3 aromatic rings. The van der Waals surface area contributed by atoms with Crippen LogP contribution in [0.4, 0.5) is 0 Å². The van der Waals surface area contributed by atoms with Crippen molar-refractivity contribution in [3.05, 3.63) is 52.6 Å². The van der Waals surface area contributed by atoms with E-state index in [2.05, 4.69) is 4.98 Å². The molecule has 0 radical (unpaired) electrons. The lowest BCUT2D eigenvalue weighted by atomic mass is 9.74. The molecule has 1 N–H and O–H groups in total. The van der Waals surface area contributed by atoms with Gasteiger partial charge in [-0.25, -0.2) is 22.7 Å². The molecule has 1 aromatic carbocycles. The van der Waals surface area contributed by atoms with E-state index < -0.39 is 15.6 Å². The molecule has 1 saturated heterocycles. The van der Waals surface area contributed by atoms with Crippen molar-refractivity contribution in [2.45, 2.75) is 57.0 Å². The summed E-state index contributed by atoms with van der Waals surface area (Å²) < 4.78 is 33.2. The van der Waals surface area contributed by atoms with Crippen LogP contribution in [0.15, 0.2) is 30.7 Å². The summed E-state index contributed by atoms with van der Waals surface area (Å²) >= 11 is 7.09. The third-order valence-corrected chi connectivity index (χ3v) is 10.3. The summed E-state index contributed by atoms with van der Waals surface area (Å²) in [5.41, 5.74) is 1.62. The predicted molar refractivity (Wildman–Crippen MR) is 149 cm³/mol. The van der Waals surface area contributed by atoms with Crippen LogP contribution in [0.2, 0.25) is 5.02 Å². The largest absolute Gasteiger partial charge is 0.481 e. The van der Waals surface area contributed by atoms with Crippen molar-refractivity contribution >= 4 is 32.5 Å². The first kappa shape index (κ1) is 27.4. The minimum atomic E-state index is -3.28. The summed E-state index contributed by atoms with van der Waals surface area (Å²) in [4.78, 5) is 9.08. The second kappa shape index (κ2) is 10.8. The molecular weight excluding hydrogens is 524 g/mol. The number of methoxy groups -OCH3 is 1. The van der Waals surface area contributed by atoms with E-state index in [0.29, 0.717) is 59.5 Å². The number of pyridine rings is 1. The molecule has 1 saturated carbocycles. The van der Waals surface area contributed by atoms with Gasteiger partial charge < -0.3 is 14.4 Å². The van der Waals surface area contributed by atoms with Gasteiger partial charge in [0.2, 0.25) is 15.9 Å². The van der Waals surface area contributed by atoms with Crippen molar-refractivity contribution in [3.8, 4) is 5.88 Å². The Balaban J connectivity index is 1.58. The maximum atomic E-state index is 12.5. The number of rotatable bonds is 7. The summed E-state index contributed by atoms with van der Waals surface area (Å²) in [6.07, 6.45) is 12.6. The topological polar surface area (TPSA) is 97.6 Å². The molecule has 1 atom stereocenters. The summed E-state index contributed by atoms with van der Waals surface area (Å²) in [6, 6.07) is 5.72. The smallest absolute Gasteiger partial charge is 0.218 e. The number of piperidine rings is 1. The number of halogens is 1. The average molecular weight is 561 g/mol. The highest BCUT2D eigenvalue weighted by Gasteiger charge is 2.44. The number of aliphatic hydroxyl groups is 1. The van der Waals surface area contributed by atoms with E-state index in [-0.39, 0.29) is 5.92 Å². The van der Waals surface area contributed by atoms with Crippen molar-refractivity contribution in [3.63, 3.8) is 0 Å². The van der Waals surface area contributed by atoms with Crippen molar-refractivity contribution < 1.29 is 18.3 Å². The van der Waals surface area contributed by atoms with Gasteiger partial charge in [-0.2, -0.15) is 0 Å². The average Bonchev–Trinajstić information content (AvgIpc) is 3.36. The number of fused-ring (bicyclic) bond motifs is 1. The number of ether oxygens (including phenoxy) is 1. The molecule has 1 aliphatic carbocycles. The van der Waals surface area contributed by atoms with E-state index in [4.69, 9.17) is 21.3 Å². The normalized spacial score (nSPS) is 20.0. The fourth-order valence-corrected chi connectivity index (χ4v) is 7.61. The number of hydrogen-bond donors (Lipinski definition) is 1. The van der Waals surface area contributed by atoms with Crippen LogP contribution in [0, 0.1) is 11.8 Å². The van der Waals surface area contributed by atoms with E-state index in [9.17, 15) is 13.5 Å². The van der Waals surface area contributed by atoms with Gasteiger partial charge in [0.15, 0.2) is 0 Å². The third-order valence-electron chi connectivity index (χ3n) is 8.55. The molecule has 206 valence electrons. The Hall–Kier alpha value is -2.20. The van der Waals surface area contributed by atoms with Crippen LogP contribution in [0.1, 0.15) is 61.8 Å². The second-order valence-electron chi connectivity index (χ2n) is 10.9. The summed E-state index contributed by atoms with van der Waals surface area (Å²) in [5.74, 6) is 0.917. The van der Waals surface area contributed by atoms with Crippen LogP contribution in [0.3, 0.4) is 0 Å². The van der Waals surface area contributed by atoms with E-state index in [1.165, 1.54) is 42.7 Å². The van der Waals surface area contributed by atoms with E-state index in [1.807, 2.05) is 29.8 Å². The molecule has 5 rings (SSSR count). The first-order valence-electron chi connectivity index (χ1n) is 13.4. The van der Waals surface area contributed by atoms with Gasteiger partial charge in [-0.1, -0.05) is 49.8 Å². The van der Waals surface area contributed by atoms with E-state index in [0.717, 1.165) is 17.4 Å². The Morgan fingerprint density at radius 2 is 1.87 bits per heavy atom. The zero-order chi connectivity index (χ0) is 27.1. The van der Waals surface area contributed by atoms with E-state index >= 15 is 0 Å². The molecule has 1 aliphatic heterocycles. The number of aromatic nitrogens is 3. The Labute approximate surface area is 230 Å². The lowest BCUT2D eigenvalue weighted by Crippen LogP contribution is -2.46. The van der Waals surface area contributed by atoms with Gasteiger partial charge >= 0.3 is 0 Å². The summed E-state index contributed by atoms with van der Waals surface area (Å²) in [7, 11) is 0.212. The van der Waals surface area contributed by atoms with Gasteiger partial charge in [-0.15, -0.1) is 0 Å². The zero-order valence-corrected chi connectivity index (χ0v) is 23.9.